The van der Waals surface area contributed by atoms with E-state index in [-0.39, 0.29) is 5.91 Å². The van der Waals surface area contributed by atoms with Gasteiger partial charge in [-0.3, -0.25) is 9.69 Å². The second kappa shape index (κ2) is 7.86. The zero-order valence-electron chi connectivity index (χ0n) is 14.1. The molecule has 134 valence electrons. The number of piperazine rings is 1. The maximum absolute atomic E-state index is 12.6. The number of thiophene rings is 1. The number of carbonyl (C=O) groups is 1. The minimum atomic E-state index is 0.218. The molecule has 1 aliphatic carbocycles. The Morgan fingerprint density at radius 3 is 2.60 bits per heavy atom. The second-order valence-corrected chi connectivity index (χ2v) is 9.49. The van der Waals surface area contributed by atoms with Gasteiger partial charge in [-0.05, 0) is 34.8 Å². The van der Waals surface area contributed by atoms with E-state index in [0.717, 1.165) is 52.3 Å². The SMILES string of the molecule is O=C(Cc1csc(-c2cc(Br)cs2)n1)N1CCN(C2CCCC2)CC1. The lowest BCUT2D eigenvalue weighted by molar-refractivity contribution is -0.132. The van der Waals surface area contributed by atoms with Gasteiger partial charge in [-0.1, -0.05) is 12.8 Å². The van der Waals surface area contributed by atoms with Crippen LogP contribution in [0.25, 0.3) is 9.88 Å². The third-order valence-corrected chi connectivity index (χ3v) is 7.92. The highest BCUT2D eigenvalue weighted by molar-refractivity contribution is 9.10. The molecule has 2 aromatic rings. The molecule has 4 nitrogen and oxygen atoms in total. The van der Waals surface area contributed by atoms with Crippen LogP contribution >= 0.6 is 38.6 Å². The molecule has 1 amide bonds. The van der Waals surface area contributed by atoms with Gasteiger partial charge in [-0.15, -0.1) is 22.7 Å². The maximum atomic E-state index is 12.6. The summed E-state index contributed by atoms with van der Waals surface area (Å²) >= 11 is 6.78. The monoisotopic (exact) mass is 439 g/mol. The van der Waals surface area contributed by atoms with Crippen LogP contribution in [0, 0.1) is 0 Å². The molecule has 0 atom stereocenters. The van der Waals surface area contributed by atoms with E-state index < -0.39 is 0 Å². The Morgan fingerprint density at radius 2 is 1.92 bits per heavy atom. The Hall–Kier alpha value is -0.760. The molecule has 7 heteroatoms. The van der Waals surface area contributed by atoms with Crippen molar-refractivity contribution in [2.24, 2.45) is 0 Å². The average molecular weight is 440 g/mol. The standard InChI is InChI=1S/C18H22BrN3OS2/c19-13-9-16(24-11-13)18-20-14(12-25-18)10-17(23)22-7-5-21(6-8-22)15-3-1-2-4-15/h9,11-12,15H,1-8,10H2. The highest BCUT2D eigenvalue weighted by atomic mass is 79.9. The molecule has 0 radical (unpaired) electrons. The smallest absolute Gasteiger partial charge is 0.228 e. The van der Waals surface area contributed by atoms with E-state index in [9.17, 15) is 4.79 Å². The number of carbonyl (C=O) groups excluding carboxylic acids is 1. The van der Waals surface area contributed by atoms with E-state index in [1.807, 2.05) is 10.3 Å². The first-order valence-corrected chi connectivity index (χ1v) is 11.4. The molecule has 2 aromatic heterocycles. The zero-order valence-corrected chi connectivity index (χ0v) is 17.3. The van der Waals surface area contributed by atoms with Crippen LogP contribution in [0.3, 0.4) is 0 Å². The van der Waals surface area contributed by atoms with Crippen molar-refractivity contribution >= 4 is 44.5 Å². The fourth-order valence-electron chi connectivity index (χ4n) is 3.80. The molecule has 4 rings (SSSR count). The summed E-state index contributed by atoms with van der Waals surface area (Å²) in [6.45, 7) is 3.79. The van der Waals surface area contributed by atoms with Crippen LogP contribution in [0.4, 0.5) is 0 Å². The zero-order chi connectivity index (χ0) is 17.2. The fourth-order valence-corrected chi connectivity index (χ4v) is 6.13. The molecule has 0 aromatic carbocycles. The molecule has 0 spiro atoms. The highest BCUT2D eigenvalue weighted by Crippen LogP contribution is 2.32. The van der Waals surface area contributed by atoms with Gasteiger partial charge in [0.05, 0.1) is 17.0 Å². The van der Waals surface area contributed by atoms with E-state index in [4.69, 9.17) is 0 Å². The highest BCUT2D eigenvalue weighted by Gasteiger charge is 2.28. The van der Waals surface area contributed by atoms with E-state index in [1.165, 1.54) is 25.7 Å². The molecule has 0 bridgehead atoms. The van der Waals surface area contributed by atoms with Gasteiger partial charge in [0.25, 0.3) is 0 Å². The number of hydrogen-bond donors (Lipinski definition) is 0. The third kappa shape index (κ3) is 4.15. The van der Waals surface area contributed by atoms with Crippen LogP contribution in [0.2, 0.25) is 0 Å². The summed E-state index contributed by atoms with van der Waals surface area (Å²) in [5.74, 6) is 0.218. The van der Waals surface area contributed by atoms with E-state index in [1.54, 1.807) is 22.7 Å². The first kappa shape index (κ1) is 17.6. The van der Waals surface area contributed by atoms with E-state index >= 15 is 0 Å². The Bertz CT molecular complexity index is 730. The first-order chi connectivity index (χ1) is 12.2. The minimum absolute atomic E-state index is 0.218. The molecule has 0 N–H and O–H groups in total. The van der Waals surface area contributed by atoms with Crippen LogP contribution in [0.15, 0.2) is 21.3 Å². The van der Waals surface area contributed by atoms with Crippen LogP contribution in [0.1, 0.15) is 31.4 Å². The van der Waals surface area contributed by atoms with Gasteiger partial charge in [0.15, 0.2) is 0 Å². The molecule has 2 fully saturated rings. The van der Waals surface area contributed by atoms with Crippen LogP contribution in [0.5, 0.6) is 0 Å². The van der Waals surface area contributed by atoms with Gasteiger partial charge in [-0.2, -0.15) is 0 Å². The van der Waals surface area contributed by atoms with Crippen molar-refractivity contribution in [3.05, 3.63) is 27.0 Å². The average Bonchev–Trinajstić information content (AvgIpc) is 3.36. The second-order valence-electron chi connectivity index (χ2n) is 6.80. The molecule has 1 aliphatic heterocycles. The summed E-state index contributed by atoms with van der Waals surface area (Å²) < 4.78 is 1.08. The number of rotatable bonds is 4. The number of aromatic nitrogens is 1. The van der Waals surface area contributed by atoms with Crippen molar-refractivity contribution < 1.29 is 4.79 Å². The Kier molecular flexibility index (Phi) is 5.55. The predicted octanol–water partition coefficient (Wildman–Crippen LogP) is 4.26. The molecule has 25 heavy (non-hydrogen) atoms. The third-order valence-electron chi connectivity index (χ3n) is 5.17. The molecule has 1 saturated heterocycles. The van der Waals surface area contributed by atoms with Crippen molar-refractivity contribution in [1.82, 2.24) is 14.8 Å². The lowest BCUT2D eigenvalue weighted by Gasteiger charge is -2.38. The summed E-state index contributed by atoms with van der Waals surface area (Å²) in [6, 6.07) is 2.85. The molecule has 1 saturated carbocycles. The number of amides is 1. The molecule has 3 heterocycles. The van der Waals surface area contributed by atoms with Crippen LogP contribution in [-0.2, 0) is 11.2 Å². The molecular weight excluding hydrogens is 418 g/mol. The van der Waals surface area contributed by atoms with Crippen LogP contribution in [-0.4, -0.2) is 52.9 Å². The lowest BCUT2D eigenvalue weighted by atomic mass is 10.1. The number of thiazole rings is 1. The van der Waals surface area contributed by atoms with Crippen molar-refractivity contribution in [1.29, 1.82) is 0 Å². The fraction of sp³-hybridized carbons (Fsp3) is 0.556. The topological polar surface area (TPSA) is 36.4 Å². The molecule has 2 aliphatic rings. The first-order valence-electron chi connectivity index (χ1n) is 8.89. The normalized spacial score (nSPS) is 19.6. The van der Waals surface area contributed by atoms with E-state index in [2.05, 4.69) is 37.3 Å². The minimum Gasteiger partial charge on any atom is -0.340 e. The summed E-state index contributed by atoms with van der Waals surface area (Å²) in [6.07, 6.45) is 5.85. The Labute approximate surface area is 165 Å². The number of halogens is 1. The molecular formula is C18H22BrN3OS2. The number of hydrogen-bond acceptors (Lipinski definition) is 5. The predicted molar refractivity (Wildman–Crippen MR) is 107 cm³/mol. The van der Waals surface area contributed by atoms with Crippen molar-refractivity contribution in [2.45, 2.75) is 38.1 Å². The van der Waals surface area contributed by atoms with Crippen molar-refractivity contribution in [3.8, 4) is 9.88 Å². The van der Waals surface area contributed by atoms with Gasteiger partial charge >= 0.3 is 0 Å². The maximum Gasteiger partial charge on any atom is 0.228 e. The lowest BCUT2D eigenvalue weighted by Crippen LogP contribution is -2.51. The van der Waals surface area contributed by atoms with Crippen LogP contribution < -0.4 is 0 Å². The van der Waals surface area contributed by atoms with Gasteiger partial charge in [-0.25, -0.2) is 4.98 Å². The van der Waals surface area contributed by atoms with E-state index in [0.29, 0.717) is 6.42 Å². The van der Waals surface area contributed by atoms with Gasteiger partial charge in [0.1, 0.15) is 5.01 Å². The van der Waals surface area contributed by atoms with Gasteiger partial charge < -0.3 is 4.90 Å². The largest absolute Gasteiger partial charge is 0.340 e. The van der Waals surface area contributed by atoms with Gasteiger partial charge in [0.2, 0.25) is 5.91 Å². The summed E-state index contributed by atoms with van der Waals surface area (Å²) in [7, 11) is 0. The summed E-state index contributed by atoms with van der Waals surface area (Å²) in [5, 5.41) is 5.09. The molecule has 0 unspecified atom stereocenters. The van der Waals surface area contributed by atoms with Gasteiger partial charge in [0, 0.05) is 47.5 Å². The number of nitrogens with zero attached hydrogens (tertiary/aromatic N) is 3. The van der Waals surface area contributed by atoms with Crippen molar-refractivity contribution in [2.75, 3.05) is 26.2 Å². The quantitative estimate of drug-likeness (QED) is 0.713. The summed E-state index contributed by atoms with van der Waals surface area (Å²) in [4.78, 5) is 23.0. The van der Waals surface area contributed by atoms with Crippen molar-refractivity contribution in [3.63, 3.8) is 0 Å². The summed E-state index contributed by atoms with van der Waals surface area (Å²) in [5.41, 5.74) is 0.896. The Morgan fingerprint density at radius 1 is 1.16 bits per heavy atom. The Balaban J connectivity index is 1.31.